The van der Waals surface area contributed by atoms with E-state index in [1.807, 2.05) is 0 Å². The smallest absolute Gasteiger partial charge is 0.132 e. The van der Waals surface area contributed by atoms with Crippen LogP contribution in [0.15, 0.2) is 20.5 Å². The summed E-state index contributed by atoms with van der Waals surface area (Å²) in [6, 6.07) is 0.974. The summed E-state index contributed by atoms with van der Waals surface area (Å²) in [6.45, 7) is 0. The van der Waals surface area contributed by atoms with Crippen molar-refractivity contribution in [2.75, 3.05) is 23.3 Å². The molecule has 0 aromatic rings. The predicted molar refractivity (Wildman–Crippen MR) is 174 cm³/mol. The highest BCUT2D eigenvalue weighted by atomic mass is 32.2. The van der Waals surface area contributed by atoms with E-state index in [9.17, 15) is 0 Å². The van der Waals surface area contributed by atoms with Gasteiger partial charge in [-0.05, 0) is 101 Å². The summed E-state index contributed by atoms with van der Waals surface area (Å²) in [5, 5.41) is 27.3. The molecule has 0 saturated heterocycles. The molecule has 0 aliphatic heterocycles. The Balaban J connectivity index is 1.02. The molecular weight excluding hydrogens is 533 g/mol. The lowest BCUT2D eigenvalue weighted by Gasteiger charge is -2.34. The van der Waals surface area contributed by atoms with Gasteiger partial charge in [-0.25, -0.2) is 0 Å². The Morgan fingerprint density at radius 2 is 0.850 bits per heavy atom. The zero-order valence-electron chi connectivity index (χ0n) is 25.6. The van der Waals surface area contributed by atoms with Gasteiger partial charge in [0.15, 0.2) is 0 Å². The minimum absolute atomic E-state index is 0.0680. The SMILES string of the molecule is C(CCCSCNC1(N=NC2CCCCC2)CCCCC1)CCSCNC1(N=NC2CCCCC2)CCCCC1. The number of hydrogen-bond acceptors (Lipinski definition) is 8. The number of nitrogens with one attached hydrogen (secondary N) is 2. The molecule has 4 saturated carbocycles. The molecule has 230 valence electrons. The molecule has 2 N–H and O–H groups in total. The molecule has 4 rings (SSSR count). The average Bonchev–Trinajstić information content (AvgIpc) is 3.02. The van der Waals surface area contributed by atoms with Crippen LogP contribution < -0.4 is 10.6 Å². The minimum atomic E-state index is -0.0680. The lowest BCUT2D eigenvalue weighted by atomic mass is 9.90. The third-order valence-electron chi connectivity index (χ3n) is 9.67. The molecule has 40 heavy (non-hydrogen) atoms. The summed E-state index contributed by atoms with van der Waals surface area (Å²) in [6.07, 6.45) is 31.0. The fourth-order valence-electron chi connectivity index (χ4n) is 6.95. The predicted octanol–water partition coefficient (Wildman–Crippen LogP) is 10.00. The van der Waals surface area contributed by atoms with E-state index in [1.165, 1.54) is 166 Å². The minimum Gasteiger partial charge on any atom is -0.283 e. The van der Waals surface area contributed by atoms with Gasteiger partial charge in [0, 0.05) is 11.8 Å². The van der Waals surface area contributed by atoms with Crippen molar-refractivity contribution in [3.8, 4) is 0 Å². The van der Waals surface area contributed by atoms with Gasteiger partial charge >= 0.3 is 0 Å². The zero-order valence-corrected chi connectivity index (χ0v) is 27.2. The first-order chi connectivity index (χ1) is 19.8. The van der Waals surface area contributed by atoms with Crippen LogP contribution in [0.2, 0.25) is 0 Å². The fourth-order valence-corrected chi connectivity index (χ4v) is 8.80. The molecule has 0 heterocycles. The third-order valence-corrected chi connectivity index (χ3v) is 11.5. The molecule has 4 aliphatic rings. The maximum absolute atomic E-state index is 4.97. The second-order valence-electron chi connectivity index (χ2n) is 13.1. The van der Waals surface area contributed by atoms with Crippen LogP contribution in [0.4, 0.5) is 0 Å². The zero-order chi connectivity index (χ0) is 27.6. The van der Waals surface area contributed by atoms with Crippen molar-refractivity contribution in [2.24, 2.45) is 20.5 Å². The molecule has 4 fully saturated rings. The van der Waals surface area contributed by atoms with E-state index in [1.54, 1.807) is 0 Å². The number of nitrogens with zero attached hydrogens (tertiary/aromatic N) is 4. The molecule has 0 aromatic carbocycles. The Morgan fingerprint density at radius 1 is 0.475 bits per heavy atom. The van der Waals surface area contributed by atoms with Crippen molar-refractivity contribution in [3.05, 3.63) is 0 Å². The summed E-state index contributed by atoms with van der Waals surface area (Å²) in [7, 11) is 0. The maximum atomic E-state index is 4.97. The fraction of sp³-hybridized carbons (Fsp3) is 1.00. The number of rotatable bonds is 17. The number of hydrogen-bond donors (Lipinski definition) is 2. The molecule has 0 amide bonds. The van der Waals surface area contributed by atoms with Gasteiger partial charge in [0.2, 0.25) is 0 Å². The number of azo groups is 2. The summed E-state index contributed by atoms with van der Waals surface area (Å²) in [4.78, 5) is 0. The van der Waals surface area contributed by atoms with Crippen molar-refractivity contribution in [3.63, 3.8) is 0 Å². The molecule has 0 unspecified atom stereocenters. The standard InChI is InChI=1S/C32H60N6S2/c1(15-25-39-27-33-31(21-11-5-12-22-31)37-35-29-17-7-3-8-18-29)2-16-26-40-28-34-32(23-13-6-14-24-32)38-36-30-19-9-4-10-20-30/h29-30,33-34H,1-28H2. The Morgan fingerprint density at radius 3 is 1.25 bits per heavy atom. The van der Waals surface area contributed by atoms with Crippen molar-refractivity contribution in [2.45, 2.75) is 178 Å². The van der Waals surface area contributed by atoms with Crippen LogP contribution in [0.1, 0.15) is 154 Å². The quantitative estimate of drug-likeness (QED) is 0.100. The lowest BCUT2D eigenvalue weighted by Crippen LogP contribution is -2.45. The molecule has 0 aromatic heterocycles. The summed E-state index contributed by atoms with van der Waals surface area (Å²) >= 11 is 4.12. The van der Waals surface area contributed by atoms with E-state index in [0.717, 1.165) is 11.8 Å². The summed E-state index contributed by atoms with van der Waals surface area (Å²) < 4.78 is 0. The van der Waals surface area contributed by atoms with Crippen molar-refractivity contribution in [1.29, 1.82) is 0 Å². The van der Waals surface area contributed by atoms with E-state index in [4.69, 9.17) is 20.5 Å². The van der Waals surface area contributed by atoms with E-state index < -0.39 is 0 Å². The first kappa shape index (κ1) is 32.7. The molecule has 6 nitrogen and oxygen atoms in total. The van der Waals surface area contributed by atoms with Gasteiger partial charge < -0.3 is 0 Å². The molecule has 8 heteroatoms. The average molecular weight is 593 g/mol. The van der Waals surface area contributed by atoms with Crippen molar-refractivity contribution in [1.82, 2.24) is 10.6 Å². The van der Waals surface area contributed by atoms with Gasteiger partial charge in [-0.15, -0.1) is 23.5 Å². The second-order valence-corrected chi connectivity index (χ2v) is 15.3. The molecule has 0 spiro atoms. The number of thioether (sulfide) groups is 2. The molecule has 0 radical (unpaired) electrons. The summed E-state index contributed by atoms with van der Waals surface area (Å²) in [5.74, 6) is 4.55. The van der Waals surface area contributed by atoms with Gasteiger partial charge in [-0.1, -0.05) is 64.2 Å². The van der Waals surface area contributed by atoms with Gasteiger partial charge in [0.05, 0.1) is 12.1 Å². The van der Waals surface area contributed by atoms with Gasteiger partial charge in [-0.2, -0.15) is 20.5 Å². The van der Waals surface area contributed by atoms with Crippen LogP contribution in [0.25, 0.3) is 0 Å². The van der Waals surface area contributed by atoms with Crippen molar-refractivity contribution >= 4 is 23.5 Å². The Bertz CT molecular complexity index is 648. The van der Waals surface area contributed by atoms with Crippen LogP contribution in [-0.4, -0.2) is 46.7 Å². The van der Waals surface area contributed by atoms with E-state index in [0.29, 0.717) is 12.1 Å². The highest BCUT2D eigenvalue weighted by molar-refractivity contribution is 7.99. The summed E-state index contributed by atoms with van der Waals surface area (Å²) in [5.41, 5.74) is -0.136. The largest absolute Gasteiger partial charge is 0.283 e. The van der Waals surface area contributed by atoms with Crippen LogP contribution in [0.5, 0.6) is 0 Å². The normalized spacial score (nSPS) is 24.7. The van der Waals surface area contributed by atoms with E-state index in [-0.39, 0.29) is 11.3 Å². The first-order valence-corrected chi connectivity index (χ1v) is 19.6. The molecule has 0 atom stereocenters. The van der Waals surface area contributed by atoms with Gasteiger partial charge in [-0.3, -0.25) is 10.6 Å². The number of unbranched alkanes of at least 4 members (excludes halogenated alkanes) is 3. The Labute approximate surface area is 254 Å². The Hall–Kier alpha value is -0.180. The van der Waals surface area contributed by atoms with Gasteiger partial charge in [0.25, 0.3) is 0 Å². The Kier molecular flexibility index (Phi) is 15.7. The highest BCUT2D eigenvalue weighted by Crippen LogP contribution is 2.33. The highest BCUT2D eigenvalue weighted by Gasteiger charge is 2.33. The third kappa shape index (κ3) is 12.2. The monoisotopic (exact) mass is 592 g/mol. The second kappa shape index (κ2) is 19.2. The van der Waals surface area contributed by atoms with Gasteiger partial charge in [0.1, 0.15) is 11.3 Å². The molecule has 0 bridgehead atoms. The van der Waals surface area contributed by atoms with Crippen LogP contribution >= 0.6 is 23.5 Å². The molecular formula is C32H60N6S2. The van der Waals surface area contributed by atoms with Crippen molar-refractivity contribution < 1.29 is 0 Å². The molecule has 4 aliphatic carbocycles. The lowest BCUT2D eigenvalue weighted by molar-refractivity contribution is 0.235. The topological polar surface area (TPSA) is 73.5 Å². The van der Waals surface area contributed by atoms with E-state index >= 15 is 0 Å². The van der Waals surface area contributed by atoms with E-state index in [2.05, 4.69) is 34.2 Å². The maximum Gasteiger partial charge on any atom is 0.132 e. The first-order valence-electron chi connectivity index (χ1n) is 17.3. The van der Waals surface area contributed by atoms with Crippen LogP contribution in [0.3, 0.4) is 0 Å². The van der Waals surface area contributed by atoms with Crippen LogP contribution in [-0.2, 0) is 0 Å². The van der Waals surface area contributed by atoms with Crippen LogP contribution in [0, 0.1) is 0 Å².